The largest absolute Gasteiger partial charge is 0.424 e. The van der Waals surface area contributed by atoms with Crippen molar-refractivity contribution >= 4 is 24.1 Å². The maximum absolute atomic E-state index is 11.8. The third kappa shape index (κ3) is 5.83. The number of carbonyl (C=O) groups is 1. The van der Waals surface area contributed by atoms with Crippen LogP contribution in [0.4, 0.5) is 0 Å². The summed E-state index contributed by atoms with van der Waals surface area (Å²) in [5.41, 5.74) is 0. The minimum Gasteiger partial charge on any atom is -0.424 e. The van der Waals surface area contributed by atoms with Crippen LogP contribution in [0, 0.1) is 0 Å². The Balaban J connectivity index is 2.87. The second kappa shape index (κ2) is 7.54. The lowest BCUT2D eigenvalue weighted by molar-refractivity contribution is -0.138. The molecule has 20 heavy (non-hydrogen) atoms. The van der Waals surface area contributed by atoms with Gasteiger partial charge in [-0.05, 0) is 19.1 Å². The predicted molar refractivity (Wildman–Crippen MR) is 72.4 cm³/mol. The van der Waals surface area contributed by atoms with Crippen LogP contribution in [0.5, 0.6) is 5.75 Å². The monoisotopic (exact) mass is 322 g/mol. The van der Waals surface area contributed by atoms with Gasteiger partial charge in [-0.2, -0.15) is 8.42 Å². The number of esters is 1. The Morgan fingerprint density at radius 1 is 1.30 bits per heavy atom. The molecule has 0 aliphatic heterocycles. The number of hydrogen-bond acceptors (Lipinski definition) is 7. The van der Waals surface area contributed by atoms with E-state index in [1.165, 1.54) is 12.1 Å². The summed E-state index contributed by atoms with van der Waals surface area (Å²) >= 11 is 0. The Labute approximate surface area is 117 Å². The Kier molecular flexibility index (Phi) is 6.35. The first-order valence-corrected chi connectivity index (χ1v) is 8.86. The third-order valence-corrected chi connectivity index (χ3v) is 4.02. The highest BCUT2D eigenvalue weighted by atomic mass is 32.2. The average molecular weight is 322 g/mol. The summed E-state index contributed by atoms with van der Waals surface area (Å²) in [7, 11) is -7.04. The Morgan fingerprint density at radius 2 is 1.90 bits per heavy atom. The smallest absolute Gasteiger partial charge is 0.352 e. The highest BCUT2D eigenvalue weighted by molar-refractivity contribution is 7.86. The summed E-state index contributed by atoms with van der Waals surface area (Å²) in [5, 5.41) is 0. The fourth-order valence-electron chi connectivity index (χ4n) is 1.23. The zero-order valence-corrected chi connectivity index (χ0v) is 12.8. The van der Waals surface area contributed by atoms with E-state index in [9.17, 15) is 17.8 Å². The molecule has 0 fully saturated rings. The summed E-state index contributed by atoms with van der Waals surface area (Å²) in [6.45, 7) is 1.61. The van der Waals surface area contributed by atoms with E-state index in [2.05, 4.69) is 4.18 Å². The van der Waals surface area contributed by atoms with Crippen LogP contribution in [0.2, 0.25) is 0 Å². The minimum absolute atomic E-state index is 0.0556. The van der Waals surface area contributed by atoms with E-state index in [-0.39, 0.29) is 12.4 Å². The molecule has 112 valence electrons. The summed E-state index contributed by atoms with van der Waals surface area (Å²) in [6.07, 6.45) is 0.747. The minimum atomic E-state index is -3.98. The fraction of sp³-hybridized carbons (Fsp3) is 0.364. The SMILES string of the molecule is CCO[PH](=O)C(OS(C)(=O)=O)C(=O)Oc1ccccc1. The zero-order valence-electron chi connectivity index (χ0n) is 10.9. The molecule has 0 aliphatic rings. The first kappa shape index (κ1) is 16.8. The van der Waals surface area contributed by atoms with Crippen LogP contribution in [0.15, 0.2) is 30.3 Å². The number of benzene rings is 1. The van der Waals surface area contributed by atoms with Crippen molar-refractivity contribution in [2.75, 3.05) is 12.9 Å². The van der Waals surface area contributed by atoms with Gasteiger partial charge >= 0.3 is 5.97 Å². The maximum Gasteiger partial charge on any atom is 0.352 e. The van der Waals surface area contributed by atoms with Gasteiger partial charge in [0.25, 0.3) is 10.1 Å². The van der Waals surface area contributed by atoms with Crippen LogP contribution in [0.3, 0.4) is 0 Å². The van der Waals surface area contributed by atoms with Gasteiger partial charge in [-0.1, -0.05) is 18.2 Å². The van der Waals surface area contributed by atoms with E-state index in [1.54, 1.807) is 25.1 Å². The molecule has 0 saturated carbocycles. The van der Waals surface area contributed by atoms with E-state index in [4.69, 9.17) is 9.26 Å². The van der Waals surface area contributed by atoms with Gasteiger partial charge in [0, 0.05) is 0 Å². The second-order valence-electron chi connectivity index (χ2n) is 3.67. The molecule has 9 heteroatoms. The molecule has 2 unspecified atom stereocenters. The van der Waals surface area contributed by atoms with Gasteiger partial charge in [-0.15, -0.1) is 0 Å². The number of ether oxygens (including phenoxy) is 1. The molecule has 0 aromatic heterocycles. The van der Waals surface area contributed by atoms with Crippen LogP contribution < -0.4 is 4.74 Å². The normalized spacial score (nSPS) is 14.5. The van der Waals surface area contributed by atoms with Gasteiger partial charge in [0.1, 0.15) is 5.75 Å². The second-order valence-corrected chi connectivity index (χ2v) is 6.72. The van der Waals surface area contributed by atoms with Gasteiger partial charge in [0.15, 0.2) is 0 Å². The Hall–Kier alpha value is -1.21. The fourth-order valence-corrected chi connectivity index (χ4v) is 3.18. The van der Waals surface area contributed by atoms with E-state index in [0.717, 1.165) is 6.26 Å². The number of rotatable bonds is 7. The summed E-state index contributed by atoms with van der Waals surface area (Å²) in [6, 6.07) is 7.95. The number of para-hydroxylation sites is 1. The summed E-state index contributed by atoms with van der Waals surface area (Å²) < 4.78 is 48.1. The molecule has 7 nitrogen and oxygen atoms in total. The zero-order chi connectivity index (χ0) is 15.2. The van der Waals surface area contributed by atoms with Crippen LogP contribution in [-0.2, 0) is 28.2 Å². The molecule has 2 atom stereocenters. The van der Waals surface area contributed by atoms with Crippen molar-refractivity contribution in [1.29, 1.82) is 0 Å². The summed E-state index contributed by atoms with van der Waals surface area (Å²) in [5.74, 6) is -2.69. The standard InChI is InChI=1S/C11H15O7PS/c1-3-16-19(13)11(18-20(2,14)15)10(12)17-9-7-5-4-6-8-9/h4-8,11,19H,3H2,1-2H3. The molecular formula is C11H15O7PS. The molecule has 1 aromatic rings. The molecule has 0 saturated heterocycles. The van der Waals surface area contributed by atoms with E-state index >= 15 is 0 Å². The predicted octanol–water partition coefficient (Wildman–Crippen LogP) is 1.41. The third-order valence-electron chi connectivity index (χ3n) is 1.95. The van der Waals surface area contributed by atoms with Crippen molar-refractivity contribution in [2.24, 2.45) is 0 Å². The lowest BCUT2D eigenvalue weighted by Gasteiger charge is -2.14. The van der Waals surface area contributed by atoms with Crippen molar-refractivity contribution in [2.45, 2.75) is 12.8 Å². The van der Waals surface area contributed by atoms with Crippen LogP contribution >= 0.6 is 8.03 Å². The van der Waals surface area contributed by atoms with Crippen LogP contribution in [0.1, 0.15) is 6.92 Å². The molecular weight excluding hydrogens is 307 g/mol. The average Bonchev–Trinajstić information content (AvgIpc) is 2.36. The Morgan fingerprint density at radius 3 is 2.40 bits per heavy atom. The van der Waals surface area contributed by atoms with Crippen molar-refractivity contribution in [3.05, 3.63) is 30.3 Å². The van der Waals surface area contributed by atoms with Crippen molar-refractivity contribution in [1.82, 2.24) is 0 Å². The van der Waals surface area contributed by atoms with Crippen LogP contribution in [0.25, 0.3) is 0 Å². The van der Waals surface area contributed by atoms with Gasteiger partial charge in [0.2, 0.25) is 13.9 Å². The lowest BCUT2D eigenvalue weighted by Crippen LogP contribution is -2.28. The first-order chi connectivity index (χ1) is 9.33. The Bertz CT molecular complexity index is 570. The molecule has 0 radical (unpaired) electrons. The first-order valence-electron chi connectivity index (χ1n) is 5.65. The quantitative estimate of drug-likeness (QED) is 0.324. The number of carbonyl (C=O) groups excluding carboxylic acids is 1. The van der Waals surface area contributed by atoms with E-state index < -0.39 is 30.0 Å². The molecule has 0 heterocycles. The topological polar surface area (TPSA) is 96.0 Å². The molecule has 0 aliphatic carbocycles. The van der Waals surface area contributed by atoms with Crippen molar-refractivity contribution in [3.63, 3.8) is 0 Å². The van der Waals surface area contributed by atoms with Crippen LogP contribution in [-0.4, -0.2) is 33.1 Å². The van der Waals surface area contributed by atoms with Crippen molar-refractivity contribution in [3.8, 4) is 5.75 Å². The molecule has 0 amide bonds. The highest BCUT2D eigenvalue weighted by Crippen LogP contribution is 2.32. The van der Waals surface area contributed by atoms with Gasteiger partial charge in [0.05, 0.1) is 12.9 Å². The molecule has 1 aromatic carbocycles. The maximum atomic E-state index is 11.8. The highest BCUT2D eigenvalue weighted by Gasteiger charge is 2.32. The van der Waals surface area contributed by atoms with E-state index in [0.29, 0.717) is 0 Å². The summed E-state index contributed by atoms with van der Waals surface area (Å²) in [4.78, 5) is 11.8. The molecule has 0 N–H and O–H groups in total. The molecule has 0 spiro atoms. The molecule has 1 rings (SSSR count). The lowest BCUT2D eigenvalue weighted by atomic mass is 10.3. The van der Waals surface area contributed by atoms with E-state index in [1.807, 2.05) is 0 Å². The number of hydrogen-bond donors (Lipinski definition) is 0. The van der Waals surface area contributed by atoms with Gasteiger partial charge in [-0.3, -0.25) is 4.57 Å². The van der Waals surface area contributed by atoms with Gasteiger partial charge < -0.3 is 9.26 Å². The van der Waals surface area contributed by atoms with Crippen molar-refractivity contribution < 1.29 is 31.2 Å². The molecule has 0 bridgehead atoms. The van der Waals surface area contributed by atoms with Gasteiger partial charge in [-0.25, -0.2) is 8.98 Å².